The lowest BCUT2D eigenvalue weighted by atomic mass is 10.1. The smallest absolute Gasteiger partial charge is 0.272 e. The Balaban J connectivity index is 1.30. The topological polar surface area (TPSA) is 114 Å². The van der Waals surface area contributed by atoms with E-state index in [9.17, 15) is 19.2 Å². The number of rotatable bonds is 10. The molecule has 0 radical (unpaired) electrons. The van der Waals surface area contributed by atoms with Gasteiger partial charge >= 0.3 is 0 Å². The van der Waals surface area contributed by atoms with Crippen molar-refractivity contribution in [2.75, 3.05) is 24.4 Å². The maximum absolute atomic E-state index is 13.5. The summed E-state index contributed by atoms with van der Waals surface area (Å²) in [6.07, 6.45) is 1.64. The summed E-state index contributed by atoms with van der Waals surface area (Å²) in [5.74, 6) is -0.488. The first-order valence-electron chi connectivity index (χ1n) is 14.1. The molecule has 4 aromatic carbocycles. The maximum Gasteiger partial charge on any atom is 0.272 e. The van der Waals surface area contributed by atoms with Gasteiger partial charge in [-0.3, -0.25) is 19.2 Å². The highest BCUT2D eigenvalue weighted by molar-refractivity contribution is 8.00. The molecule has 4 aromatic rings. The Morgan fingerprint density at radius 1 is 0.867 bits per heavy atom. The number of hydrogen-bond donors (Lipinski definition) is 2. The molecule has 1 aliphatic heterocycles. The third-order valence-electron chi connectivity index (χ3n) is 7.04. The van der Waals surface area contributed by atoms with E-state index < -0.39 is 17.1 Å². The quantitative estimate of drug-likeness (QED) is 0.169. The van der Waals surface area contributed by atoms with Crippen molar-refractivity contribution in [2.24, 2.45) is 0 Å². The number of thioether (sulfide) groups is 1. The number of methoxy groups -OCH3 is 2. The summed E-state index contributed by atoms with van der Waals surface area (Å²) >= 11 is 1.30. The molecule has 2 N–H and O–H groups in total. The summed E-state index contributed by atoms with van der Waals surface area (Å²) in [7, 11) is 3.04. The van der Waals surface area contributed by atoms with Crippen molar-refractivity contribution < 1.29 is 28.7 Å². The first-order valence-corrected chi connectivity index (χ1v) is 15.0. The van der Waals surface area contributed by atoms with Gasteiger partial charge in [0.2, 0.25) is 11.8 Å². The number of aryl methyl sites for hydroxylation is 1. The molecular formula is C35H31N3O6S. The molecule has 5 rings (SSSR count). The van der Waals surface area contributed by atoms with Crippen LogP contribution in [0.5, 0.6) is 11.5 Å². The number of imide groups is 1. The minimum absolute atomic E-state index is 0.0146. The fourth-order valence-corrected chi connectivity index (χ4v) is 5.75. The third-order valence-corrected chi connectivity index (χ3v) is 8.23. The summed E-state index contributed by atoms with van der Waals surface area (Å²) in [6.45, 7) is 1.94. The standard InChI is InChI=1S/C35H31N3O6S/c1-22-9-14-26(15-10-22)38-32(39)21-31(35(38)42)45-27-16-12-25(13-17-27)36-34(41)28(37-33(40)24-7-5-4-6-8-24)19-23-11-18-29(43-2)30(20-23)44-3/h4-20,31H,21H2,1-3H3,(H,36,41)(H,37,40)/b28-19-. The average molecular weight is 622 g/mol. The molecule has 0 saturated carbocycles. The summed E-state index contributed by atoms with van der Waals surface area (Å²) in [4.78, 5) is 54.2. The van der Waals surface area contributed by atoms with Crippen molar-refractivity contribution in [1.29, 1.82) is 0 Å². The minimum atomic E-state index is -0.552. The van der Waals surface area contributed by atoms with Crippen LogP contribution in [0.2, 0.25) is 0 Å². The van der Waals surface area contributed by atoms with Crippen molar-refractivity contribution in [1.82, 2.24) is 5.32 Å². The number of carbonyl (C=O) groups is 4. The minimum Gasteiger partial charge on any atom is -0.493 e. The van der Waals surface area contributed by atoms with Gasteiger partial charge in [-0.2, -0.15) is 0 Å². The lowest BCUT2D eigenvalue weighted by molar-refractivity contribution is -0.121. The highest BCUT2D eigenvalue weighted by Gasteiger charge is 2.40. The molecule has 9 nitrogen and oxygen atoms in total. The van der Waals surface area contributed by atoms with Crippen molar-refractivity contribution in [3.63, 3.8) is 0 Å². The van der Waals surface area contributed by atoms with Crippen molar-refractivity contribution >= 4 is 52.8 Å². The van der Waals surface area contributed by atoms with Crippen LogP contribution in [0.25, 0.3) is 6.08 Å². The maximum atomic E-state index is 13.5. The highest BCUT2D eigenvalue weighted by atomic mass is 32.2. The molecule has 1 fully saturated rings. The van der Waals surface area contributed by atoms with Crippen molar-refractivity contribution in [2.45, 2.75) is 23.5 Å². The number of amides is 4. The van der Waals surface area contributed by atoms with E-state index in [1.165, 1.54) is 30.9 Å². The van der Waals surface area contributed by atoms with Gasteiger partial charge in [-0.25, -0.2) is 4.90 Å². The molecule has 0 aromatic heterocycles. The number of ether oxygens (including phenoxy) is 2. The molecule has 1 unspecified atom stereocenters. The van der Waals surface area contributed by atoms with Gasteiger partial charge in [-0.05, 0) is 79.2 Å². The van der Waals surface area contributed by atoms with E-state index in [-0.39, 0.29) is 23.9 Å². The van der Waals surface area contributed by atoms with E-state index in [4.69, 9.17) is 9.47 Å². The van der Waals surface area contributed by atoms with Crippen LogP contribution in [0.15, 0.2) is 108 Å². The predicted octanol–water partition coefficient (Wildman–Crippen LogP) is 5.85. The summed E-state index contributed by atoms with van der Waals surface area (Å²) < 4.78 is 10.7. The molecular weight excluding hydrogens is 590 g/mol. The fourth-order valence-electron chi connectivity index (χ4n) is 4.69. The number of hydrogen-bond acceptors (Lipinski definition) is 7. The highest BCUT2D eigenvalue weighted by Crippen LogP contribution is 2.34. The summed E-state index contributed by atoms with van der Waals surface area (Å²) in [5.41, 5.74) is 3.10. The first kappa shape index (κ1) is 31.1. The molecule has 1 heterocycles. The van der Waals surface area contributed by atoms with Crippen LogP contribution < -0.4 is 25.0 Å². The van der Waals surface area contributed by atoms with Crippen LogP contribution in [-0.2, 0) is 14.4 Å². The lowest BCUT2D eigenvalue weighted by Gasteiger charge is -2.15. The molecule has 45 heavy (non-hydrogen) atoms. The summed E-state index contributed by atoms with van der Waals surface area (Å²) in [5, 5.41) is 4.99. The second-order valence-electron chi connectivity index (χ2n) is 10.2. The molecule has 1 atom stereocenters. The molecule has 1 saturated heterocycles. The predicted molar refractivity (Wildman–Crippen MR) is 174 cm³/mol. The van der Waals surface area contributed by atoms with E-state index in [0.717, 1.165) is 10.5 Å². The molecule has 0 spiro atoms. The normalized spacial score (nSPS) is 14.7. The van der Waals surface area contributed by atoms with Gasteiger partial charge in [0.15, 0.2) is 11.5 Å². The van der Waals surface area contributed by atoms with E-state index in [1.54, 1.807) is 91.0 Å². The number of anilines is 2. The second-order valence-corrected chi connectivity index (χ2v) is 11.5. The molecule has 10 heteroatoms. The average Bonchev–Trinajstić information content (AvgIpc) is 3.33. The van der Waals surface area contributed by atoms with Crippen LogP contribution in [0.4, 0.5) is 11.4 Å². The van der Waals surface area contributed by atoms with Gasteiger partial charge in [0.1, 0.15) is 5.70 Å². The first-order chi connectivity index (χ1) is 21.7. The second kappa shape index (κ2) is 14.0. The monoisotopic (exact) mass is 621 g/mol. The fraction of sp³-hybridized carbons (Fsp3) is 0.143. The molecule has 1 aliphatic rings. The Morgan fingerprint density at radius 3 is 2.22 bits per heavy atom. The third kappa shape index (κ3) is 7.42. The lowest BCUT2D eigenvalue weighted by Crippen LogP contribution is -2.31. The van der Waals surface area contributed by atoms with Gasteiger partial charge < -0.3 is 20.1 Å². The zero-order valence-electron chi connectivity index (χ0n) is 24.9. The zero-order chi connectivity index (χ0) is 31.9. The molecule has 228 valence electrons. The largest absolute Gasteiger partial charge is 0.493 e. The van der Waals surface area contributed by atoms with E-state index in [0.29, 0.717) is 34.0 Å². The van der Waals surface area contributed by atoms with Gasteiger partial charge in [0.25, 0.3) is 11.8 Å². The Kier molecular flexibility index (Phi) is 9.64. The van der Waals surface area contributed by atoms with Crippen LogP contribution in [-0.4, -0.2) is 43.1 Å². The Labute approximate surface area is 265 Å². The van der Waals surface area contributed by atoms with Crippen LogP contribution in [0, 0.1) is 6.92 Å². The van der Waals surface area contributed by atoms with Gasteiger partial charge in [-0.1, -0.05) is 42.0 Å². The van der Waals surface area contributed by atoms with Crippen LogP contribution in [0.3, 0.4) is 0 Å². The van der Waals surface area contributed by atoms with Crippen LogP contribution >= 0.6 is 11.8 Å². The number of nitrogens with one attached hydrogen (secondary N) is 2. The van der Waals surface area contributed by atoms with Crippen molar-refractivity contribution in [3.8, 4) is 11.5 Å². The molecule has 0 aliphatic carbocycles. The SMILES string of the molecule is COc1ccc(/C=C(\NC(=O)c2ccccc2)C(=O)Nc2ccc(SC3CC(=O)N(c4ccc(C)cc4)C3=O)cc2)cc1OC. The van der Waals surface area contributed by atoms with E-state index in [2.05, 4.69) is 10.6 Å². The van der Waals surface area contributed by atoms with Crippen molar-refractivity contribution in [3.05, 3.63) is 119 Å². The number of benzene rings is 4. The Morgan fingerprint density at radius 2 is 1.56 bits per heavy atom. The number of nitrogens with zero attached hydrogens (tertiary/aromatic N) is 1. The van der Waals surface area contributed by atoms with Gasteiger partial charge in [0, 0.05) is 22.6 Å². The Hall–Kier alpha value is -5.35. The number of carbonyl (C=O) groups excluding carboxylic acids is 4. The van der Waals surface area contributed by atoms with E-state index >= 15 is 0 Å². The molecule has 0 bridgehead atoms. The Bertz CT molecular complexity index is 1750. The molecule has 4 amide bonds. The zero-order valence-corrected chi connectivity index (χ0v) is 25.7. The van der Waals surface area contributed by atoms with Crippen LogP contribution in [0.1, 0.15) is 27.9 Å². The van der Waals surface area contributed by atoms with Gasteiger partial charge in [0.05, 0.1) is 25.2 Å². The van der Waals surface area contributed by atoms with E-state index in [1.807, 2.05) is 19.1 Å². The summed E-state index contributed by atoms with van der Waals surface area (Å²) in [6, 6.07) is 27.9. The van der Waals surface area contributed by atoms with Gasteiger partial charge in [-0.15, -0.1) is 11.8 Å².